The molecule has 1 heterocycles. The van der Waals surface area contributed by atoms with Crippen LogP contribution in [0.5, 0.6) is 0 Å². The van der Waals surface area contributed by atoms with Gasteiger partial charge in [0.1, 0.15) is 0 Å². The van der Waals surface area contributed by atoms with Crippen molar-refractivity contribution in [3.8, 4) is 0 Å². The summed E-state index contributed by atoms with van der Waals surface area (Å²) in [5.74, 6) is 0.451. The molecule has 0 bridgehead atoms. The highest BCUT2D eigenvalue weighted by Crippen LogP contribution is 2.45. The van der Waals surface area contributed by atoms with Crippen LogP contribution in [0.1, 0.15) is 25.3 Å². The van der Waals surface area contributed by atoms with E-state index in [1.165, 1.54) is 0 Å². The van der Waals surface area contributed by atoms with Crippen LogP contribution in [0.2, 0.25) is 0 Å². The largest absolute Gasteiger partial charge is 0.392 e. The second-order valence-electron chi connectivity index (χ2n) is 5.16. The number of hydrogen-bond acceptors (Lipinski definition) is 3. The molecule has 1 amide bonds. The number of hydrogen-bond donors (Lipinski definition) is 2. The first-order valence-electron chi connectivity index (χ1n) is 6.00. The predicted molar refractivity (Wildman–Crippen MR) is 72.7 cm³/mol. The molecule has 0 radical (unpaired) electrons. The van der Waals surface area contributed by atoms with E-state index in [0.29, 0.717) is 17.5 Å². The van der Waals surface area contributed by atoms with E-state index in [0.717, 1.165) is 18.4 Å². The molecule has 18 heavy (non-hydrogen) atoms. The summed E-state index contributed by atoms with van der Waals surface area (Å²) >= 11 is 5.05. The lowest BCUT2D eigenvalue weighted by molar-refractivity contribution is -0.133. The van der Waals surface area contributed by atoms with Crippen molar-refractivity contribution in [1.82, 2.24) is 15.1 Å². The van der Waals surface area contributed by atoms with Gasteiger partial charge in [0.05, 0.1) is 16.6 Å². The SMILES string of the molecule is CC1CC(C(=O)NCc2cnn(C)c2)(C(N)=S)C1. The normalized spacial score (nSPS) is 26.4. The molecule has 2 rings (SSSR count). The topological polar surface area (TPSA) is 72.9 Å². The summed E-state index contributed by atoms with van der Waals surface area (Å²) in [5.41, 5.74) is 6.06. The van der Waals surface area contributed by atoms with Crippen molar-refractivity contribution < 1.29 is 4.79 Å². The van der Waals surface area contributed by atoms with Gasteiger partial charge < -0.3 is 11.1 Å². The summed E-state index contributed by atoms with van der Waals surface area (Å²) in [6, 6.07) is 0. The number of rotatable bonds is 4. The van der Waals surface area contributed by atoms with E-state index in [4.69, 9.17) is 18.0 Å². The van der Waals surface area contributed by atoms with Gasteiger partial charge in [0.2, 0.25) is 5.91 Å². The molecule has 0 atom stereocenters. The second kappa shape index (κ2) is 4.68. The van der Waals surface area contributed by atoms with Crippen molar-refractivity contribution in [2.45, 2.75) is 26.3 Å². The lowest BCUT2D eigenvalue weighted by atomic mass is 9.62. The molecule has 1 aliphatic carbocycles. The molecule has 0 aromatic carbocycles. The number of thiocarbonyl (C=S) groups is 1. The van der Waals surface area contributed by atoms with Crippen LogP contribution in [0.4, 0.5) is 0 Å². The first kappa shape index (κ1) is 13.0. The number of aromatic nitrogens is 2. The van der Waals surface area contributed by atoms with Crippen LogP contribution in [-0.2, 0) is 18.4 Å². The predicted octanol–water partition coefficient (Wildman–Crippen LogP) is 0.739. The quantitative estimate of drug-likeness (QED) is 0.788. The Morgan fingerprint density at radius 2 is 2.39 bits per heavy atom. The Hall–Kier alpha value is -1.43. The molecule has 0 unspecified atom stereocenters. The van der Waals surface area contributed by atoms with Crippen molar-refractivity contribution in [3.05, 3.63) is 18.0 Å². The van der Waals surface area contributed by atoms with E-state index in [1.807, 2.05) is 13.2 Å². The number of nitrogens with two attached hydrogens (primary N) is 1. The van der Waals surface area contributed by atoms with Crippen LogP contribution in [0.15, 0.2) is 12.4 Å². The average Bonchev–Trinajstić information content (AvgIpc) is 2.67. The van der Waals surface area contributed by atoms with Crippen LogP contribution in [0, 0.1) is 11.3 Å². The van der Waals surface area contributed by atoms with Gasteiger partial charge in [-0.2, -0.15) is 5.10 Å². The highest BCUT2D eigenvalue weighted by Gasteiger charge is 2.50. The molecular weight excluding hydrogens is 248 g/mol. The minimum atomic E-state index is -0.628. The Morgan fingerprint density at radius 3 is 2.83 bits per heavy atom. The molecule has 0 saturated heterocycles. The first-order valence-corrected chi connectivity index (χ1v) is 6.40. The zero-order valence-corrected chi connectivity index (χ0v) is 11.5. The maximum absolute atomic E-state index is 12.2. The van der Waals surface area contributed by atoms with E-state index in [9.17, 15) is 4.79 Å². The number of aryl methyl sites for hydroxylation is 1. The molecule has 0 spiro atoms. The van der Waals surface area contributed by atoms with Crippen LogP contribution in [0.3, 0.4) is 0 Å². The summed E-state index contributed by atoms with van der Waals surface area (Å²) in [5, 5.41) is 6.95. The first-order chi connectivity index (χ1) is 8.44. The third-order valence-electron chi connectivity index (χ3n) is 3.51. The number of carbonyl (C=O) groups excluding carboxylic acids is 1. The van der Waals surface area contributed by atoms with Gasteiger partial charge in [0.15, 0.2) is 0 Å². The minimum absolute atomic E-state index is 0.0584. The van der Waals surface area contributed by atoms with Crippen LogP contribution in [0.25, 0.3) is 0 Å². The van der Waals surface area contributed by atoms with E-state index >= 15 is 0 Å². The van der Waals surface area contributed by atoms with Crippen LogP contribution >= 0.6 is 12.2 Å². The number of nitrogens with one attached hydrogen (secondary N) is 1. The van der Waals surface area contributed by atoms with Crippen molar-refractivity contribution in [3.63, 3.8) is 0 Å². The lowest BCUT2D eigenvalue weighted by Gasteiger charge is -2.44. The number of amides is 1. The molecule has 1 fully saturated rings. The molecule has 1 saturated carbocycles. The zero-order chi connectivity index (χ0) is 13.3. The number of carbonyl (C=O) groups is 1. The monoisotopic (exact) mass is 266 g/mol. The minimum Gasteiger partial charge on any atom is -0.392 e. The summed E-state index contributed by atoms with van der Waals surface area (Å²) < 4.78 is 1.70. The third kappa shape index (κ3) is 2.25. The van der Waals surface area contributed by atoms with Crippen molar-refractivity contribution in [2.75, 3.05) is 0 Å². The van der Waals surface area contributed by atoms with Gasteiger partial charge >= 0.3 is 0 Å². The maximum Gasteiger partial charge on any atom is 0.233 e. The molecule has 1 aromatic rings. The van der Waals surface area contributed by atoms with E-state index in [-0.39, 0.29) is 5.91 Å². The van der Waals surface area contributed by atoms with Gasteiger partial charge in [0.25, 0.3) is 0 Å². The van der Waals surface area contributed by atoms with Crippen LogP contribution in [-0.4, -0.2) is 20.7 Å². The molecule has 3 N–H and O–H groups in total. The van der Waals surface area contributed by atoms with Gasteiger partial charge in [-0.05, 0) is 18.8 Å². The Bertz CT molecular complexity index is 476. The smallest absolute Gasteiger partial charge is 0.233 e. The molecule has 6 heteroatoms. The maximum atomic E-state index is 12.2. The highest BCUT2D eigenvalue weighted by atomic mass is 32.1. The Balaban J connectivity index is 1.97. The fraction of sp³-hybridized carbons (Fsp3) is 0.583. The van der Waals surface area contributed by atoms with Gasteiger partial charge in [-0.25, -0.2) is 0 Å². The zero-order valence-electron chi connectivity index (χ0n) is 10.6. The standard InChI is InChI=1S/C12H18N4OS/c1-8-3-12(4-8,10(13)18)11(17)14-5-9-6-15-16(2)7-9/h6-8H,3-5H2,1-2H3,(H2,13,18)(H,14,17). The molecule has 0 aliphatic heterocycles. The molecule has 1 aromatic heterocycles. The van der Waals surface area contributed by atoms with Crippen molar-refractivity contribution in [1.29, 1.82) is 0 Å². The van der Waals surface area contributed by atoms with E-state index in [1.54, 1.807) is 10.9 Å². The van der Waals surface area contributed by atoms with E-state index < -0.39 is 5.41 Å². The lowest BCUT2D eigenvalue weighted by Crippen LogP contribution is -2.55. The Labute approximate surface area is 112 Å². The molecule has 98 valence electrons. The van der Waals surface area contributed by atoms with E-state index in [2.05, 4.69) is 17.3 Å². The highest BCUT2D eigenvalue weighted by molar-refractivity contribution is 7.80. The summed E-state index contributed by atoms with van der Waals surface area (Å²) in [6.45, 7) is 2.57. The fourth-order valence-corrected chi connectivity index (χ4v) is 2.80. The van der Waals surface area contributed by atoms with Gasteiger partial charge in [-0.1, -0.05) is 19.1 Å². The third-order valence-corrected chi connectivity index (χ3v) is 3.90. The average molecular weight is 266 g/mol. The van der Waals surface area contributed by atoms with Gasteiger partial charge in [0, 0.05) is 25.4 Å². The molecular formula is C12H18N4OS. The summed E-state index contributed by atoms with van der Waals surface area (Å²) in [4.78, 5) is 12.5. The summed E-state index contributed by atoms with van der Waals surface area (Å²) in [7, 11) is 1.84. The molecule has 1 aliphatic rings. The number of nitrogens with zero attached hydrogens (tertiary/aromatic N) is 2. The van der Waals surface area contributed by atoms with Gasteiger partial charge in [-0.3, -0.25) is 9.48 Å². The van der Waals surface area contributed by atoms with Crippen molar-refractivity contribution >= 4 is 23.1 Å². The van der Waals surface area contributed by atoms with Crippen LogP contribution < -0.4 is 11.1 Å². The Kier molecular flexibility index (Phi) is 3.38. The fourth-order valence-electron chi connectivity index (χ4n) is 2.54. The Morgan fingerprint density at radius 1 is 1.72 bits per heavy atom. The second-order valence-corrected chi connectivity index (χ2v) is 5.60. The van der Waals surface area contributed by atoms with Crippen molar-refractivity contribution in [2.24, 2.45) is 24.1 Å². The molecule has 5 nitrogen and oxygen atoms in total. The summed E-state index contributed by atoms with van der Waals surface area (Å²) in [6.07, 6.45) is 5.11. The van der Waals surface area contributed by atoms with Gasteiger partial charge in [-0.15, -0.1) is 0 Å².